The molecule has 2 N–H and O–H groups in total. The predicted octanol–water partition coefficient (Wildman–Crippen LogP) is 5.70. The minimum atomic E-state index is -1.16. The smallest absolute Gasteiger partial charge is 0.269 e. The number of benzene rings is 2. The maximum atomic E-state index is 12.1. The molecule has 7 nitrogen and oxygen atoms in total. The molecule has 2 atom stereocenters. The third-order valence-electron chi connectivity index (χ3n) is 6.91. The van der Waals surface area contributed by atoms with Crippen molar-refractivity contribution in [1.29, 1.82) is 0 Å². The number of carbonyl (C=O) groups is 1. The first-order valence-corrected chi connectivity index (χ1v) is 14.1. The highest BCUT2D eigenvalue weighted by molar-refractivity contribution is 6.33. The number of aliphatic hydroxyl groups is 1. The van der Waals surface area contributed by atoms with Crippen LogP contribution in [0.1, 0.15) is 54.8 Å². The lowest BCUT2D eigenvalue weighted by Crippen LogP contribution is -2.52. The maximum Gasteiger partial charge on any atom is 0.269 e. The van der Waals surface area contributed by atoms with Crippen LogP contribution in [0.2, 0.25) is 10.0 Å². The zero-order valence-corrected chi connectivity index (χ0v) is 24.2. The lowest BCUT2D eigenvalue weighted by atomic mass is 9.94. The molecule has 0 spiro atoms. The van der Waals surface area contributed by atoms with E-state index in [2.05, 4.69) is 27.0 Å². The van der Waals surface area contributed by atoms with E-state index in [0.29, 0.717) is 54.1 Å². The molecule has 4 rings (SSSR count). The minimum Gasteiger partial charge on any atom is -0.494 e. The Balaban J connectivity index is 1.54. The summed E-state index contributed by atoms with van der Waals surface area (Å²) in [6, 6.07) is 17.1. The highest BCUT2D eigenvalue weighted by atomic mass is 35.5. The second-order valence-electron chi connectivity index (χ2n) is 10.0. The number of aromatic nitrogens is 1. The van der Waals surface area contributed by atoms with Crippen molar-refractivity contribution in [2.45, 2.75) is 38.8 Å². The van der Waals surface area contributed by atoms with Gasteiger partial charge in [0.1, 0.15) is 17.0 Å². The molecule has 0 aliphatic carbocycles. The molecule has 1 fully saturated rings. The molecule has 3 aromatic rings. The Kier molecular flexibility index (Phi) is 9.72. The van der Waals surface area contributed by atoms with Gasteiger partial charge in [0.25, 0.3) is 5.91 Å². The van der Waals surface area contributed by atoms with E-state index in [9.17, 15) is 9.90 Å². The summed E-state index contributed by atoms with van der Waals surface area (Å²) in [4.78, 5) is 20.9. The van der Waals surface area contributed by atoms with Crippen molar-refractivity contribution >= 4 is 34.8 Å². The lowest BCUT2D eigenvalue weighted by Gasteiger charge is -2.45. The monoisotopic (exact) mass is 570 g/mol. The van der Waals surface area contributed by atoms with Crippen LogP contribution < -0.4 is 15.0 Å². The number of carbonyl (C=O) groups excluding carboxylic acids is 1. The Morgan fingerprint density at radius 3 is 2.54 bits per heavy atom. The van der Waals surface area contributed by atoms with E-state index >= 15 is 0 Å². The third-order valence-corrected chi connectivity index (χ3v) is 7.46. The molecule has 208 valence electrons. The topological polar surface area (TPSA) is 77.9 Å². The largest absolute Gasteiger partial charge is 0.494 e. The van der Waals surface area contributed by atoms with Gasteiger partial charge in [0.2, 0.25) is 0 Å². The summed E-state index contributed by atoms with van der Waals surface area (Å²) < 4.78 is 5.77. The number of anilines is 1. The van der Waals surface area contributed by atoms with Gasteiger partial charge in [-0.3, -0.25) is 14.7 Å². The molecule has 1 amide bonds. The molecular formula is C30H36Cl2N4O3. The van der Waals surface area contributed by atoms with Gasteiger partial charge >= 0.3 is 0 Å². The van der Waals surface area contributed by atoms with Gasteiger partial charge in [-0.15, -0.1) is 0 Å². The second-order valence-corrected chi connectivity index (χ2v) is 10.9. The average molecular weight is 572 g/mol. The molecule has 1 aliphatic rings. The summed E-state index contributed by atoms with van der Waals surface area (Å²) in [6.45, 7) is 9.42. The quantitative estimate of drug-likeness (QED) is 0.325. The molecule has 0 saturated carbocycles. The number of amides is 1. The zero-order chi connectivity index (χ0) is 28.0. The number of pyridine rings is 1. The Morgan fingerprint density at radius 2 is 1.90 bits per heavy atom. The molecule has 1 saturated heterocycles. The normalized spacial score (nSPS) is 17.5. The van der Waals surface area contributed by atoms with Crippen LogP contribution in [-0.2, 0) is 5.60 Å². The summed E-state index contributed by atoms with van der Waals surface area (Å²) in [6.07, 6.45) is 2.51. The number of nitrogens with zero attached hydrogens (tertiary/aromatic N) is 3. The van der Waals surface area contributed by atoms with Gasteiger partial charge in [0.15, 0.2) is 0 Å². The number of nitrogens with one attached hydrogen (secondary N) is 1. The molecule has 0 bridgehead atoms. The second kappa shape index (κ2) is 13.0. The van der Waals surface area contributed by atoms with E-state index in [-0.39, 0.29) is 11.9 Å². The summed E-state index contributed by atoms with van der Waals surface area (Å²) in [7, 11) is 0. The van der Waals surface area contributed by atoms with E-state index in [4.69, 9.17) is 27.9 Å². The number of halogens is 2. The van der Waals surface area contributed by atoms with Gasteiger partial charge in [-0.25, -0.2) is 0 Å². The highest BCUT2D eigenvalue weighted by Gasteiger charge is 2.34. The Bertz CT molecular complexity index is 1250. The molecule has 1 aliphatic heterocycles. The summed E-state index contributed by atoms with van der Waals surface area (Å²) in [5, 5.41) is 15.5. The van der Waals surface area contributed by atoms with E-state index in [1.165, 1.54) is 0 Å². The van der Waals surface area contributed by atoms with E-state index in [0.717, 1.165) is 30.0 Å². The molecule has 0 radical (unpaired) electrons. The summed E-state index contributed by atoms with van der Waals surface area (Å²) >= 11 is 13.0. The Morgan fingerprint density at radius 1 is 1.13 bits per heavy atom. The molecule has 39 heavy (non-hydrogen) atoms. The van der Waals surface area contributed by atoms with Crippen molar-refractivity contribution in [3.63, 3.8) is 0 Å². The van der Waals surface area contributed by atoms with Gasteiger partial charge in [0.05, 0.1) is 23.4 Å². The van der Waals surface area contributed by atoms with Crippen molar-refractivity contribution in [3.8, 4) is 5.75 Å². The van der Waals surface area contributed by atoms with Crippen LogP contribution in [-0.4, -0.2) is 60.2 Å². The van der Waals surface area contributed by atoms with Crippen molar-refractivity contribution < 1.29 is 14.6 Å². The lowest BCUT2D eigenvalue weighted by molar-refractivity contribution is 0.00998. The van der Waals surface area contributed by atoms with E-state index in [1.54, 1.807) is 25.3 Å². The first-order valence-electron chi connectivity index (χ1n) is 13.4. The zero-order valence-electron chi connectivity index (χ0n) is 22.7. The molecule has 2 aromatic carbocycles. The Labute approximate surface area is 240 Å². The van der Waals surface area contributed by atoms with Gasteiger partial charge in [-0.2, -0.15) is 0 Å². The van der Waals surface area contributed by atoms with Crippen LogP contribution in [0.3, 0.4) is 0 Å². The Hall–Kier alpha value is -2.84. The third kappa shape index (κ3) is 7.22. The minimum absolute atomic E-state index is 0.00929. The highest BCUT2D eigenvalue weighted by Crippen LogP contribution is 2.38. The number of hydrogen-bond donors (Lipinski definition) is 2. The van der Waals surface area contributed by atoms with Gasteiger partial charge < -0.3 is 20.1 Å². The van der Waals surface area contributed by atoms with Crippen molar-refractivity contribution in [2.24, 2.45) is 0 Å². The van der Waals surface area contributed by atoms with Crippen LogP contribution in [0.15, 0.2) is 60.8 Å². The average Bonchev–Trinajstić information content (AvgIpc) is 2.92. The fourth-order valence-corrected chi connectivity index (χ4v) is 5.30. The van der Waals surface area contributed by atoms with Gasteiger partial charge in [0, 0.05) is 55.6 Å². The number of rotatable bonds is 10. The number of β-amino-alcohol motifs (C(OH)–C–C–N with tert-alkyl or cyclic N) is 1. The first-order chi connectivity index (χ1) is 18.7. The molecule has 2 heterocycles. The van der Waals surface area contributed by atoms with Crippen LogP contribution in [0.25, 0.3) is 0 Å². The SMILES string of the molecule is CCCOc1ccc(N2CCN(C[C@@](C)(O)c3ccc(C(=O)NCC)nc3)C[C@H]2c2ccc(Cl)cc2)c(Cl)c1. The van der Waals surface area contributed by atoms with Crippen molar-refractivity contribution in [2.75, 3.05) is 44.2 Å². The van der Waals surface area contributed by atoms with Crippen LogP contribution >= 0.6 is 23.2 Å². The fourth-order valence-electron chi connectivity index (χ4n) is 4.90. The number of piperazine rings is 1. The fraction of sp³-hybridized carbons (Fsp3) is 0.400. The number of ether oxygens (including phenoxy) is 1. The first kappa shape index (κ1) is 29.2. The molecular weight excluding hydrogens is 535 g/mol. The molecule has 0 unspecified atom stereocenters. The van der Waals surface area contributed by atoms with Crippen LogP contribution in [0, 0.1) is 0 Å². The molecule has 9 heteroatoms. The number of hydrogen-bond acceptors (Lipinski definition) is 6. The molecule has 1 aromatic heterocycles. The van der Waals surface area contributed by atoms with E-state index in [1.807, 2.05) is 49.4 Å². The van der Waals surface area contributed by atoms with Gasteiger partial charge in [-0.1, -0.05) is 48.3 Å². The maximum absolute atomic E-state index is 12.1. The van der Waals surface area contributed by atoms with E-state index < -0.39 is 5.60 Å². The van der Waals surface area contributed by atoms with Crippen LogP contribution in [0.4, 0.5) is 5.69 Å². The summed E-state index contributed by atoms with van der Waals surface area (Å²) in [5.41, 5.74) is 1.88. The summed E-state index contributed by atoms with van der Waals surface area (Å²) in [5.74, 6) is 0.532. The van der Waals surface area contributed by atoms with Crippen molar-refractivity contribution in [3.05, 3.63) is 87.7 Å². The van der Waals surface area contributed by atoms with Gasteiger partial charge in [-0.05, 0) is 56.2 Å². The standard InChI is InChI=1S/C30H36Cl2N4O3/c1-4-16-39-24-11-13-27(25(32)17-24)36-15-14-35(19-28(36)21-6-9-23(31)10-7-21)20-30(3,38)22-8-12-26(34-18-22)29(37)33-5-2/h6-13,17-18,28,38H,4-5,14-16,19-20H2,1-3H3,(H,33,37)/t28-,30+/m0/s1. The van der Waals surface area contributed by atoms with Crippen molar-refractivity contribution in [1.82, 2.24) is 15.2 Å². The van der Waals surface area contributed by atoms with Crippen LogP contribution in [0.5, 0.6) is 5.75 Å². The predicted molar refractivity (Wildman–Crippen MR) is 157 cm³/mol.